The van der Waals surface area contributed by atoms with Crippen molar-refractivity contribution < 1.29 is 8.85 Å². The van der Waals surface area contributed by atoms with E-state index in [2.05, 4.69) is 62.5 Å². The van der Waals surface area contributed by atoms with Gasteiger partial charge in [0.25, 0.3) is 0 Å². The summed E-state index contributed by atoms with van der Waals surface area (Å²) < 4.78 is 12.0. The van der Waals surface area contributed by atoms with Gasteiger partial charge in [0.15, 0.2) is 8.32 Å². The first kappa shape index (κ1) is 17.9. The summed E-state index contributed by atoms with van der Waals surface area (Å²) in [5, 5.41) is 3.61. The minimum atomic E-state index is -1.62. The van der Waals surface area contributed by atoms with Crippen LogP contribution in [0.15, 0.2) is 12.3 Å². The van der Waals surface area contributed by atoms with E-state index in [0.717, 1.165) is 32.0 Å². The molecule has 1 atom stereocenters. The summed E-state index contributed by atoms with van der Waals surface area (Å²) in [5.74, 6) is 0. The van der Waals surface area contributed by atoms with Crippen molar-refractivity contribution in [1.82, 2.24) is 10.2 Å². The standard InChI is InChI=1S/C14H32N2O2Si2/c1-7-17-19(3,4)12-14-15-10-9-11-16(14)13-20(5,6)18-8-2/h9,11,14-15H,7-8,10,12-13H2,1-6H3. The number of rotatable bonds is 8. The molecule has 0 radical (unpaired) electrons. The highest BCUT2D eigenvalue weighted by atomic mass is 28.4. The monoisotopic (exact) mass is 316 g/mol. The highest BCUT2D eigenvalue weighted by molar-refractivity contribution is 6.72. The molecule has 4 nitrogen and oxygen atoms in total. The van der Waals surface area contributed by atoms with Crippen molar-refractivity contribution >= 4 is 16.6 Å². The Bertz CT molecular complexity index is 322. The molecule has 0 saturated carbocycles. The van der Waals surface area contributed by atoms with Crippen LogP contribution in [0.1, 0.15) is 13.8 Å². The molecule has 0 aromatic heterocycles. The van der Waals surface area contributed by atoms with Gasteiger partial charge in [-0.05, 0) is 52.3 Å². The van der Waals surface area contributed by atoms with Crippen LogP contribution in [0.25, 0.3) is 0 Å². The van der Waals surface area contributed by atoms with Crippen molar-refractivity contribution in [1.29, 1.82) is 0 Å². The Morgan fingerprint density at radius 3 is 2.30 bits per heavy atom. The molecule has 0 amide bonds. The van der Waals surface area contributed by atoms with Gasteiger partial charge in [-0.2, -0.15) is 0 Å². The van der Waals surface area contributed by atoms with Gasteiger partial charge in [-0.1, -0.05) is 6.08 Å². The van der Waals surface area contributed by atoms with Crippen LogP contribution < -0.4 is 5.32 Å². The van der Waals surface area contributed by atoms with Crippen molar-refractivity contribution in [3.8, 4) is 0 Å². The number of hydrogen-bond donors (Lipinski definition) is 1. The zero-order valence-corrected chi connectivity index (χ0v) is 16.0. The van der Waals surface area contributed by atoms with Crippen LogP contribution in [0.2, 0.25) is 32.2 Å². The lowest BCUT2D eigenvalue weighted by atomic mass is 10.4. The van der Waals surface area contributed by atoms with Gasteiger partial charge in [0, 0.05) is 25.9 Å². The van der Waals surface area contributed by atoms with E-state index >= 15 is 0 Å². The predicted molar refractivity (Wildman–Crippen MR) is 90.7 cm³/mol. The average Bonchev–Trinajstić information content (AvgIpc) is 2.30. The molecule has 1 rings (SSSR count). The Morgan fingerprint density at radius 2 is 1.70 bits per heavy atom. The van der Waals surface area contributed by atoms with Crippen LogP contribution in [0, 0.1) is 0 Å². The van der Waals surface area contributed by atoms with Gasteiger partial charge in [0.1, 0.15) is 0 Å². The third-order valence-electron chi connectivity index (χ3n) is 3.49. The first-order chi connectivity index (χ1) is 9.29. The maximum absolute atomic E-state index is 5.99. The lowest BCUT2D eigenvalue weighted by molar-refractivity contribution is 0.233. The van der Waals surface area contributed by atoms with Gasteiger partial charge in [0.05, 0.1) is 6.17 Å². The molecule has 0 spiro atoms. The molecule has 1 N–H and O–H groups in total. The molecule has 1 aliphatic heterocycles. The minimum absolute atomic E-state index is 0.389. The van der Waals surface area contributed by atoms with Crippen molar-refractivity contribution in [2.75, 3.05) is 25.9 Å². The SMILES string of the molecule is CCO[Si](C)(C)CC1NCC=CN1C[Si](C)(C)OCC. The zero-order valence-electron chi connectivity index (χ0n) is 14.0. The third-order valence-corrected chi connectivity index (χ3v) is 8.12. The Hall–Kier alpha value is -0.146. The van der Waals surface area contributed by atoms with Gasteiger partial charge >= 0.3 is 0 Å². The van der Waals surface area contributed by atoms with Gasteiger partial charge < -0.3 is 13.8 Å². The summed E-state index contributed by atoms with van der Waals surface area (Å²) in [4.78, 5) is 2.43. The molecule has 20 heavy (non-hydrogen) atoms. The highest BCUT2D eigenvalue weighted by Crippen LogP contribution is 2.20. The largest absolute Gasteiger partial charge is 0.418 e. The number of nitrogens with one attached hydrogen (secondary N) is 1. The fourth-order valence-corrected chi connectivity index (χ4v) is 7.04. The smallest absolute Gasteiger partial charge is 0.205 e. The quantitative estimate of drug-likeness (QED) is 0.698. The molecule has 0 bridgehead atoms. The molecular weight excluding hydrogens is 284 g/mol. The summed E-state index contributed by atoms with van der Waals surface area (Å²) >= 11 is 0. The molecule has 6 heteroatoms. The summed E-state index contributed by atoms with van der Waals surface area (Å²) in [6.07, 6.45) is 5.86. The first-order valence-corrected chi connectivity index (χ1v) is 14.0. The van der Waals surface area contributed by atoms with E-state index in [0.29, 0.717) is 6.17 Å². The maximum atomic E-state index is 5.99. The Labute approximate surface area is 126 Å². The molecule has 0 saturated heterocycles. The normalized spacial score (nSPS) is 20.5. The fourth-order valence-electron chi connectivity index (χ4n) is 2.76. The Morgan fingerprint density at radius 1 is 1.10 bits per heavy atom. The lowest BCUT2D eigenvalue weighted by Crippen LogP contribution is -2.55. The highest BCUT2D eigenvalue weighted by Gasteiger charge is 2.33. The van der Waals surface area contributed by atoms with Crippen molar-refractivity contribution in [3.63, 3.8) is 0 Å². The number of nitrogens with zero attached hydrogens (tertiary/aromatic N) is 1. The van der Waals surface area contributed by atoms with E-state index in [-0.39, 0.29) is 0 Å². The van der Waals surface area contributed by atoms with Crippen LogP contribution in [0.5, 0.6) is 0 Å². The van der Waals surface area contributed by atoms with Crippen molar-refractivity contribution in [2.24, 2.45) is 0 Å². The van der Waals surface area contributed by atoms with E-state index in [9.17, 15) is 0 Å². The predicted octanol–water partition coefficient (Wildman–Crippen LogP) is 2.75. The molecular formula is C14H32N2O2Si2. The molecule has 1 aliphatic rings. The fraction of sp³-hybridized carbons (Fsp3) is 0.857. The molecule has 118 valence electrons. The molecule has 0 aromatic rings. The molecule has 0 aliphatic carbocycles. The van der Waals surface area contributed by atoms with Gasteiger partial charge in [-0.25, -0.2) is 0 Å². The van der Waals surface area contributed by atoms with Crippen LogP contribution >= 0.6 is 0 Å². The van der Waals surface area contributed by atoms with Gasteiger partial charge in [0.2, 0.25) is 8.32 Å². The minimum Gasteiger partial charge on any atom is -0.418 e. The molecule has 1 unspecified atom stereocenters. The van der Waals surface area contributed by atoms with Crippen LogP contribution in [-0.2, 0) is 8.85 Å². The topological polar surface area (TPSA) is 33.7 Å². The lowest BCUT2D eigenvalue weighted by Gasteiger charge is -2.40. The second kappa shape index (κ2) is 7.75. The van der Waals surface area contributed by atoms with Crippen LogP contribution in [0.3, 0.4) is 0 Å². The Balaban J connectivity index is 2.67. The average molecular weight is 317 g/mol. The Kier molecular flexibility index (Phi) is 6.93. The van der Waals surface area contributed by atoms with Crippen molar-refractivity contribution in [3.05, 3.63) is 12.3 Å². The van der Waals surface area contributed by atoms with Crippen LogP contribution in [-0.4, -0.2) is 53.6 Å². The summed E-state index contributed by atoms with van der Waals surface area (Å²) in [6.45, 7) is 16.0. The second-order valence-corrected chi connectivity index (χ2v) is 14.9. The number of hydrogen-bond acceptors (Lipinski definition) is 4. The maximum Gasteiger partial charge on any atom is 0.205 e. The van der Waals surface area contributed by atoms with E-state index in [4.69, 9.17) is 8.85 Å². The van der Waals surface area contributed by atoms with Gasteiger partial charge in [-0.3, -0.25) is 5.32 Å². The van der Waals surface area contributed by atoms with E-state index < -0.39 is 16.6 Å². The van der Waals surface area contributed by atoms with E-state index in [1.54, 1.807) is 0 Å². The summed E-state index contributed by atoms with van der Waals surface area (Å²) in [7, 11) is -3.21. The first-order valence-electron chi connectivity index (χ1n) is 7.73. The molecule has 0 aromatic carbocycles. The summed E-state index contributed by atoms with van der Waals surface area (Å²) in [6, 6.07) is 1.11. The van der Waals surface area contributed by atoms with Crippen LogP contribution in [0.4, 0.5) is 0 Å². The molecule has 0 fully saturated rings. The van der Waals surface area contributed by atoms with E-state index in [1.165, 1.54) is 0 Å². The zero-order chi connectivity index (χ0) is 15.2. The molecule has 1 heterocycles. The second-order valence-electron chi connectivity index (χ2n) is 6.57. The summed E-state index contributed by atoms with van der Waals surface area (Å²) in [5.41, 5.74) is 0. The van der Waals surface area contributed by atoms with Crippen molar-refractivity contribution in [2.45, 2.75) is 52.2 Å². The van der Waals surface area contributed by atoms with Gasteiger partial charge in [-0.15, -0.1) is 0 Å². The van der Waals surface area contributed by atoms with E-state index in [1.807, 2.05) is 0 Å². The third kappa shape index (κ3) is 6.09.